The fourth-order valence-electron chi connectivity index (χ4n) is 8.45. The van der Waals surface area contributed by atoms with Crippen LogP contribution in [0.2, 0.25) is 0 Å². The van der Waals surface area contributed by atoms with Crippen LogP contribution >= 0.6 is 0 Å². The van der Waals surface area contributed by atoms with Gasteiger partial charge in [0.1, 0.15) is 28.9 Å². The van der Waals surface area contributed by atoms with E-state index in [0.717, 1.165) is 38.5 Å². The van der Waals surface area contributed by atoms with Gasteiger partial charge >= 0.3 is 24.4 Å². The Morgan fingerprint density at radius 1 is 0.329 bits per heavy atom. The van der Waals surface area contributed by atoms with E-state index in [-0.39, 0.29) is 32.1 Å². The third-order valence-electron chi connectivity index (χ3n) is 12.4. The largest absolute Gasteiger partial charge is 0.444 e. The van der Waals surface area contributed by atoms with E-state index in [4.69, 9.17) is 18.9 Å². The van der Waals surface area contributed by atoms with Crippen molar-refractivity contribution in [1.82, 2.24) is 30.2 Å². The predicted molar refractivity (Wildman–Crippen MR) is 309 cm³/mol. The maximum absolute atomic E-state index is 13.8. The van der Waals surface area contributed by atoms with Crippen LogP contribution in [0.1, 0.15) is 264 Å². The van der Waals surface area contributed by atoms with Gasteiger partial charge in [-0.2, -0.15) is 0 Å². The smallest absolute Gasteiger partial charge is 0.410 e. The topological polar surface area (TPSA) is 176 Å². The lowest BCUT2D eigenvalue weighted by Gasteiger charge is -2.30. The Balaban J connectivity index is 5.73. The number of nitrogens with zero attached hydrogens (tertiary/aromatic N) is 4. The molecule has 0 bridgehead atoms. The van der Waals surface area contributed by atoms with E-state index in [0.29, 0.717) is 65.0 Å². The predicted octanol–water partition coefficient (Wildman–Crippen LogP) is 14.3. The molecule has 0 aliphatic rings. The van der Waals surface area contributed by atoms with Crippen LogP contribution in [0.3, 0.4) is 0 Å². The molecule has 0 atom stereocenters. The second-order valence-corrected chi connectivity index (χ2v) is 24.9. The molecular weight excluding hydrogens is 965 g/mol. The highest BCUT2D eigenvalue weighted by Gasteiger charge is 2.28. The summed E-state index contributed by atoms with van der Waals surface area (Å²) in [4.78, 5) is 86.3. The fraction of sp³-hybridized carbons (Fsp3) is 0.900. The molecule has 76 heavy (non-hydrogen) atoms. The zero-order chi connectivity index (χ0) is 57.5. The van der Waals surface area contributed by atoms with Gasteiger partial charge in [0.25, 0.3) is 0 Å². The second kappa shape index (κ2) is 41.1. The number of rotatable bonds is 41. The molecule has 0 saturated carbocycles. The van der Waals surface area contributed by atoms with Crippen LogP contribution < -0.4 is 10.6 Å². The third kappa shape index (κ3) is 44.0. The Morgan fingerprint density at radius 2 is 0.618 bits per heavy atom. The van der Waals surface area contributed by atoms with Gasteiger partial charge in [-0.1, -0.05) is 142 Å². The molecule has 0 radical (unpaired) electrons. The van der Waals surface area contributed by atoms with E-state index in [1.165, 1.54) is 108 Å². The minimum atomic E-state index is -0.824. The summed E-state index contributed by atoms with van der Waals surface area (Å²) in [6.45, 7) is 28.4. The van der Waals surface area contributed by atoms with Gasteiger partial charge < -0.3 is 44.3 Å². The number of hydrogen-bond acceptors (Lipinski definition) is 10. The molecule has 16 heteroatoms. The lowest BCUT2D eigenvalue weighted by atomic mass is 10.1. The van der Waals surface area contributed by atoms with Gasteiger partial charge in [-0.15, -0.1) is 0 Å². The molecule has 0 spiro atoms. The number of ether oxygens (including phenoxy) is 4. The minimum absolute atomic E-state index is 0.100. The van der Waals surface area contributed by atoms with E-state index in [2.05, 4.69) is 24.5 Å². The Labute approximate surface area is 464 Å². The quantitative estimate of drug-likeness (QED) is 0.0442. The summed E-state index contributed by atoms with van der Waals surface area (Å²) < 4.78 is 22.5. The summed E-state index contributed by atoms with van der Waals surface area (Å²) in [5.41, 5.74) is -2.92. The van der Waals surface area contributed by atoms with E-state index in [9.17, 15) is 28.8 Å². The molecule has 0 heterocycles. The Bertz CT molecular complexity index is 1540. The van der Waals surface area contributed by atoms with Crippen molar-refractivity contribution in [3.8, 4) is 0 Å². The molecule has 0 aromatic carbocycles. The van der Waals surface area contributed by atoms with Crippen molar-refractivity contribution in [1.29, 1.82) is 0 Å². The Morgan fingerprint density at radius 3 is 0.987 bits per heavy atom. The Hall–Kier alpha value is -3.98. The van der Waals surface area contributed by atoms with Gasteiger partial charge in [0.05, 0.1) is 6.54 Å². The third-order valence-corrected chi connectivity index (χ3v) is 12.4. The van der Waals surface area contributed by atoms with E-state index in [1.807, 2.05) is 4.90 Å². The van der Waals surface area contributed by atoms with Gasteiger partial charge in [0.2, 0.25) is 11.8 Å². The first kappa shape index (κ1) is 72.0. The van der Waals surface area contributed by atoms with E-state index < -0.39 is 52.7 Å². The molecule has 0 unspecified atom stereocenters. The van der Waals surface area contributed by atoms with Crippen LogP contribution in [0.25, 0.3) is 0 Å². The molecule has 6 amide bonds. The van der Waals surface area contributed by atoms with Crippen molar-refractivity contribution in [2.75, 3.05) is 65.4 Å². The number of nitrogens with one attached hydrogen (secondary N) is 2. The lowest BCUT2D eigenvalue weighted by molar-refractivity contribution is -0.133. The number of carbonyl (C=O) groups excluding carboxylic acids is 6. The first-order valence-corrected chi connectivity index (χ1v) is 30.1. The van der Waals surface area contributed by atoms with Crippen LogP contribution in [0.15, 0.2) is 0 Å². The summed E-state index contributed by atoms with van der Waals surface area (Å²) in [5.74, 6) is -0.587. The summed E-state index contributed by atoms with van der Waals surface area (Å²) in [5, 5.41) is 5.54. The molecule has 446 valence electrons. The molecule has 0 aromatic heterocycles. The number of carbonyl (C=O) groups is 6. The molecule has 0 rings (SSSR count). The van der Waals surface area contributed by atoms with Gasteiger partial charge in [-0.25, -0.2) is 19.2 Å². The van der Waals surface area contributed by atoms with Crippen molar-refractivity contribution in [3.63, 3.8) is 0 Å². The molecule has 0 fully saturated rings. The molecule has 0 saturated heterocycles. The van der Waals surface area contributed by atoms with Crippen molar-refractivity contribution < 1.29 is 47.7 Å². The van der Waals surface area contributed by atoms with Crippen molar-refractivity contribution in [3.05, 3.63) is 0 Å². The van der Waals surface area contributed by atoms with Crippen LogP contribution in [0.4, 0.5) is 19.2 Å². The second-order valence-electron chi connectivity index (χ2n) is 24.9. The summed E-state index contributed by atoms with van der Waals surface area (Å²) in [6.07, 6.45) is 26.7. The highest BCUT2D eigenvalue weighted by atomic mass is 16.6. The maximum Gasteiger partial charge on any atom is 0.410 e. The standard InChI is InChI=1S/C60H116N6O10/c1-15-17-19-21-23-25-27-29-31-33-35-42-63(43-36-34-32-30-28-26-24-22-20-18-16-2)52(68)49-62-51(67)50-66(56(72)76-60(12,13)14)48-40-47-65(55(71)75-59(9,10)11)45-38-37-44-64(54(70)74-58(6,7)8)46-39-41-61-53(69)73-57(3,4)5/h15-50H2,1-14H3,(H,61,69)(H,62,67). The van der Waals surface area contributed by atoms with Crippen LogP contribution in [0, 0.1) is 0 Å². The normalized spacial score (nSPS) is 11.9. The van der Waals surface area contributed by atoms with Crippen molar-refractivity contribution in [2.24, 2.45) is 0 Å². The molecule has 0 aromatic rings. The van der Waals surface area contributed by atoms with Crippen LogP contribution in [-0.2, 0) is 28.5 Å². The summed E-state index contributed by atoms with van der Waals surface area (Å²) in [6, 6.07) is 0. The van der Waals surface area contributed by atoms with Gasteiger partial charge in [0.15, 0.2) is 0 Å². The highest BCUT2D eigenvalue weighted by molar-refractivity contribution is 5.87. The van der Waals surface area contributed by atoms with Gasteiger partial charge in [0, 0.05) is 52.4 Å². The van der Waals surface area contributed by atoms with Crippen LogP contribution in [0.5, 0.6) is 0 Å². The highest BCUT2D eigenvalue weighted by Crippen LogP contribution is 2.17. The molecule has 0 aliphatic heterocycles. The average Bonchev–Trinajstić information content (AvgIpc) is 3.29. The zero-order valence-electron chi connectivity index (χ0n) is 51.3. The number of hydrogen-bond donors (Lipinski definition) is 2. The average molecular weight is 1080 g/mol. The summed E-state index contributed by atoms with van der Waals surface area (Å²) >= 11 is 0. The number of alkyl carbamates (subject to hydrolysis) is 1. The molecule has 2 N–H and O–H groups in total. The van der Waals surface area contributed by atoms with E-state index in [1.54, 1.807) is 92.9 Å². The van der Waals surface area contributed by atoms with Gasteiger partial charge in [-0.3, -0.25) is 14.5 Å². The fourth-order valence-corrected chi connectivity index (χ4v) is 8.45. The van der Waals surface area contributed by atoms with E-state index >= 15 is 0 Å². The summed E-state index contributed by atoms with van der Waals surface area (Å²) in [7, 11) is 0. The van der Waals surface area contributed by atoms with Crippen LogP contribution in [-0.4, -0.2) is 144 Å². The first-order chi connectivity index (χ1) is 35.7. The van der Waals surface area contributed by atoms with Crippen molar-refractivity contribution >= 4 is 36.2 Å². The molecule has 16 nitrogen and oxygen atoms in total. The lowest BCUT2D eigenvalue weighted by Crippen LogP contribution is -2.47. The SMILES string of the molecule is CCCCCCCCCCCCCN(CCCCCCCCCCCCC)C(=O)CNC(=O)CN(CCCN(CCCCN(CCCNC(=O)OC(C)(C)C)C(=O)OC(C)(C)C)C(=O)OC(C)(C)C)C(=O)OC(C)(C)C. The number of unbranched alkanes of at least 4 members (excludes halogenated alkanes) is 21. The number of amides is 6. The minimum Gasteiger partial charge on any atom is -0.444 e. The monoisotopic (exact) mass is 1080 g/mol. The first-order valence-electron chi connectivity index (χ1n) is 30.1. The Kier molecular flexibility index (Phi) is 39.0. The van der Waals surface area contributed by atoms with Crippen molar-refractivity contribution in [2.45, 2.75) is 286 Å². The molecular formula is C60H116N6O10. The molecule has 0 aliphatic carbocycles. The van der Waals surface area contributed by atoms with Gasteiger partial charge in [-0.05, 0) is 122 Å². The zero-order valence-corrected chi connectivity index (χ0v) is 51.3. The maximum atomic E-state index is 13.8.